The lowest BCUT2D eigenvalue weighted by atomic mass is 10.2. The van der Waals surface area contributed by atoms with Gasteiger partial charge in [-0.05, 0) is 48.9 Å². The molecule has 2 aromatic rings. The molecule has 0 fully saturated rings. The highest BCUT2D eigenvalue weighted by atomic mass is 32.1. The van der Waals surface area contributed by atoms with Crippen LogP contribution < -0.4 is 16.2 Å². The fourth-order valence-corrected chi connectivity index (χ4v) is 1.64. The molecule has 0 bridgehead atoms. The van der Waals surface area contributed by atoms with Crippen LogP contribution in [0.5, 0.6) is 11.5 Å². The smallest absolute Gasteiger partial charge is 0.128 e. The summed E-state index contributed by atoms with van der Waals surface area (Å²) in [5.41, 5.74) is 13.8. The molecule has 0 saturated carbocycles. The molecule has 88 valence electrons. The molecule has 0 radical (unpaired) electrons. The highest BCUT2D eigenvalue weighted by molar-refractivity contribution is 7.80. The van der Waals surface area contributed by atoms with Crippen molar-refractivity contribution in [2.45, 2.75) is 11.8 Å². The van der Waals surface area contributed by atoms with Crippen LogP contribution in [-0.4, -0.2) is 0 Å². The predicted molar refractivity (Wildman–Crippen MR) is 73.8 cm³/mol. The van der Waals surface area contributed by atoms with E-state index in [1.54, 1.807) is 18.2 Å². The standard InChI is InChI=1S/C13H14N2OS/c1-8-6-9(2-4-11(8)14)16-10-3-5-12(15)13(17)7-10/h2-7,17H,14-15H2,1H3. The second kappa shape index (κ2) is 4.59. The molecule has 3 nitrogen and oxygen atoms in total. The quantitative estimate of drug-likeness (QED) is 0.563. The maximum atomic E-state index is 5.74. The summed E-state index contributed by atoms with van der Waals surface area (Å²) in [6, 6.07) is 10.9. The van der Waals surface area contributed by atoms with E-state index in [4.69, 9.17) is 16.2 Å². The first-order valence-electron chi connectivity index (χ1n) is 5.19. The first-order chi connectivity index (χ1) is 8.06. The van der Waals surface area contributed by atoms with Crippen molar-refractivity contribution in [2.24, 2.45) is 0 Å². The number of rotatable bonds is 2. The second-order valence-electron chi connectivity index (χ2n) is 3.84. The number of nitrogen functional groups attached to an aromatic ring is 2. The van der Waals surface area contributed by atoms with Crippen LogP contribution in [0.1, 0.15) is 5.56 Å². The average Bonchev–Trinajstić information content (AvgIpc) is 2.29. The zero-order valence-corrected chi connectivity index (χ0v) is 10.4. The van der Waals surface area contributed by atoms with Gasteiger partial charge in [-0.15, -0.1) is 12.6 Å². The number of ether oxygens (including phenoxy) is 1. The molecular weight excluding hydrogens is 232 g/mol. The van der Waals surface area contributed by atoms with Crippen LogP contribution in [0.3, 0.4) is 0 Å². The van der Waals surface area contributed by atoms with Crippen molar-refractivity contribution < 1.29 is 4.74 Å². The third kappa shape index (κ3) is 2.65. The van der Waals surface area contributed by atoms with Gasteiger partial charge in [0.2, 0.25) is 0 Å². The summed E-state index contributed by atoms with van der Waals surface area (Å²) < 4.78 is 5.69. The highest BCUT2D eigenvalue weighted by Gasteiger charge is 2.02. The number of benzene rings is 2. The normalized spacial score (nSPS) is 10.2. The molecule has 0 spiro atoms. The van der Waals surface area contributed by atoms with Gasteiger partial charge >= 0.3 is 0 Å². The van der Waals surface area contributed by atoms with E-state index in [2.05, 4.69) is 12.6 Å². The summed E-state index contributed by atoms with van der Waals surface area (Å²) >= 11 is 4.25. The summed E-state index contributed by atoms with van der Waals surface area (Å²) in [5.74, 6) is 1.45. The SMILES string of the molecule is Cc1cc(Oc2ccc(N)c(S)c2)ccc1N. The van der Waals surface area contributed by atoms with Crippen LogP contribution in [0, 0.1) is 6.92 Å². The number of thiol groups is 1. The zero-order valence-electron chi connectivity index (χ0n) is 9.47. The lowest BCUT2D eigenvalue weighted by Gasteiger charge is -2.09. The maximum Gasteiger partial charge on any atom is 0.128 e. The minimum Gasteiger partial charge on any atom is -0.457 e. The Balaban J connectivity index is 2.25. The Morgan fingerprint density at radius 1 is 0.941 bits per heavy atom. The van der Waals surface area contributed by atoms with Gasteiger partial charge in [-0.2, -0.15) is 0 Å². The molecule has 0 heterocycles. The van der Waals surface area contributed by atoms with Crippen LogP contribution >= 0.6 is 12.6 Å². The third-order valence-electron chi connectivity index (χ3n) is 2.48. The molecule has 0 saturated heterocycles. The van der Waals surface area contributed by atoms with Crippen molar-refractivity contribution in [2.75, 3.05) is 11.5 Å². The monoisotopic (exact) mass is 246 g/mol. The molecule has 2 rings (SSSR count). The summed E-state index contributed by atoms with van der Waals surface area (Å²) in [6.07, 6.45) is 0. The molecule has 0 aliphatic carbocycles. The van der Waals surface area contributed by atoms with E-state index in [-0.39, 0.29) is 0 Å². The van der Waals surface area contributed by atoms with Crippen LogP contribution in [0.2, 0.25) is 0 Å². The topological polar surface area (TPSA) is 61.3 Å². The highest BCUT2D eigenvalue weighted by Crippen LogP contribution is 2.28. The number of anilines is 2. The number of nitrogens with two attached hydrogens (primary N) is 2. The Morgan fingerprint density at radius 2 is 1.53 bits per heavy atom. The van der Waals surface area contributed by atoms with Gasteiger partial charge in [0.25, 0.3) is 0 Å². The fourth-order valence-electron chi connectivity index (χ4n) is 1.43. The summed E-state index contributed by atoms with van der Waals surface area (Å²) in [6.45, 7) is 1.94. The molecule has 0 aliphatic heterocycles. The van der Waals surface area contributed by atoms with Gasteiger partial charge < -0.3 is 16.2 Å². The lowest BCUT2D eigenvalue weighted by Crippen LogP contribution is -1.92. The molecule has 2 aromatic carbocycles. The van der Waals surface area contributed by atoms with Crippen molar-refractivity contribution in [1.29, 1.82) is 0 Å². The molecule has 0 unspecified atom stereocenters. The van der Waals surface area contributed by atoms with E-state index in [0.29, 0.717) is 16.3 Å². The van der Waals surface area contributed by atoms with E-state index in [1.165, 1.54) is 0 Å². The average molecular weight is 246 g/mol. The van der Waals surface area contributed by atoms with Crippen molar-refractivity contribution in [3.63, 3.8) is 0 Å². The van der Waals surface area contributed by atoms with E-state index in [1.807, 2.05) is 25.1 Å². The van der Waals surface area contributed by atoms with Crippen molar-refractivity contribution in [3.8, 4) is 11.5 Å². The first-order valence-corrected chi connectivity index (χ1v) is 5.63. The molecule has 0 aromatic heterocycles. The molecule has 0 atom stereocenters. The Bertz CT molecular complexity index is 506. The number of hydrogen-bond donors (Lipinski definition) is 3. The minimum absolute atomic E-state index is 0.633. The minimum atomic E-state index is 0.633. The van der Waals surface area contributed by atoms with Crippen LogP contribution in [0.25, 0.3) is 0 Å². The molecule has 4 heteroatoms. The van der Waals surface area contributed by atoms with Crippen LogP contribution in [-0.2, 0) is 0 Å². The molecular formula is C13H14N2OS. The van der Waals surface area contributed by atoms with Gasteiger partial charge in [0.05, 0.1) is 0 Å². The summed E-state index contributed by atoms with van der Waals surface area (Å²) in [4.78, 5) is 0.703. The van der Waals surface area contributed by atoms with Gasteiger partial charge in [-0.25, -0.2) is 0 Å². The zero-order chi connectivity index (χ0) is 12.4. The van der Waals surface area contributed by atoms with Crippen molar-refractivity contribution >= 4 is 24.0 Å². The van der Waals surface area contributed by atoms with Gasteiger partial charge in [0, 0.05) is 16.3 Å². The van der Waals surface area contributed by atoms with E-state index in [0.717, 1.165) is 17.0 Å². The van der Waals surface area contributed by atoms with Gasteiger partial charge in [0.15, 0.2) is 0 Å². The third-order valence-corrected chi connectivity index (χ3v) is 2.87. The summed E-state index contributed by atoms with van der Waals surface area (Å²) in [7, 11) is 0. The largest absolute Gasteiger partial charge is 0.457 e. The lowest BCUT2D eigenvalue weighted by molar-refractivity contribution is 0.481. The van der Waals surface area contributed by atoms with Crippen LogP contribution in [0.15, 0.2) is 41.3 Å². The Kier molecular flexibility index (Phi) is 3.15. The van der Waals surface area contributed by atoms with Gasteiger partial charge in [-0.1, -0.05) is 0 Å². The predicted octanol–water partition coefficient (Wildman–Crippen LogP) is 3.24. The number of aryl methyl sites for hydroxylation is 1. The molecule has 4 N–H and O–H groups in total. The van der Waals surface area contributed by atoms with Gasteiger partial charge in [0.1, 0.15) is 11.5 Å². The summed E-state index contributed by atoms with van der Waals surface area (Å²) in [5, 5.41) is 0. The van der Waals surface area contributed by atoms with Crippen LogP contribution in [0.4, 0.5) is 11.4 Å². The second-order valence-corrected chi connectivity index (χ2v) is 4.32. The Labute approximate surface area is 106 Å². The first kappa shape index (κ1) is 11.7. The fraction of sp³-hybridized carbons (Fsp3) is 0.0769. The molecule has 0 amide bonds. The molecule has 17 heavy (non-hydrogen) atoms. The van der Waals surface area contributed by atoms with E-state index >= 15 is 0 Å². The van der Waals surface area contributed by atoms with Crippen molar-refractivity contribution in [3.05, 3.63) is 42.0 Å². The number of hydrogen-bond acceptors (Lipinski definition) is 4. The Hall–Kier alpha value is -1.81. The maximum absolute atomic E-state index is 5.74. The van der Waals surface area contributed by atoms with Gasteiger partial charge in [-0.3, -0.25) is 0 Å². The Morgan fingerprint density at radius 3 is 2.12 bits per heavy atom. The molecule has 0 aliphatic rings. The van der Waals surface area contributed by atoms with E-state index < -0.39 is 0 Å². The van der Waals surface area contributed by atoms with Crippen molar-refractivity contribution in [1.82, 2.24) is 0 Å². The van der Waals surface area contributed by atoms with E-state index in [9.17, 15) is 0 Å².